The van der Waals surface area contributed by atoms with Crippen LogP contribution >= 0.6 is 35.6 Å². The van der Waals surface area contributed by atoms with Gasteiger partial charge in [0, 0.05) is 10.4 Å². The van der Waals surface area contributed by atoms with E-state index in [1.54, 1.807) is 0 Å². The zero-order valence-electron chi connectivity index (χ0n) is 9.40. The van der Waals surface area contributed by atoms with Gasteiger partial charge >= 0.3 is 0 Å². The normalized spacial score (nSPS) is 10.4. The summed E-state index contributed by atoms with van der Waals surface area (Å²) in [5.41, 5.74) is 11.5. The molecule has 3 nitrogen and oxygen atoms in total. The number of rotatable bonds is 3. The van der Waals surface area contributed by atoms with Gasteiger partial charge in [-0.25, -0.2) is 0 Å². The van der Waals surface area contributed by atoms with Gasteiger partial charge in [-0.05, 0) is 11.6 Å². The zero-order chi connectivity index (χ0) is 11.5. The van der Waals surface area contributed by atoms with Crippen molar-refractivity contribution in [3.8, 4) is 0 Å². The Kier molecular flexibility index (Phi) is 6.10. The maximum Gasteiger partial charge on any atom is 0.185 e. The van der Waals surface area contributed by atoms with Crippen LogP contribution in [0.2, 0.25) is 5.02 Å². The lowest BCUT2D eigenvalue weighted by Gasteiger charge is -2.24. The molecule has 0 atom stereocenters. The van der Waals surface area contributed by atoms with E-state index in [0.717, 1.165) is 10.6 Å². The SMILES string of the molecule is CC(C)(CN=C(N)N)c1ccccc1Cl.I. The third kappa shape index (κ3) is 4.17. The molecule has 0 aliphatic heterocycles. The molecule has 0 aliphatic rings. The highest BCUT2D eigenvalue weighted by atomic mass is 127. The molecule has 0 amide bonds. The van der Waals surface area contributed by atoms with E-state index in [-0.39, 0.29) is 35.4 Å². The minimum atomic E-state index is -0.164. The molecule has 0 aliphatic carbocycles. The lowest BCUT2D eigenvalue weighted by molar-refractivity contribution is 0.540. The van der Waals surface area contributed by atoms with Crippen molar-refractivity contribution in [2.24, 2.45) is 16.5 Å². The van der Waals surface area contributed by atoms with Crippen LogP contribution in [-0.2, 0) is 5.41 Å². The molecule has 0 saturated carbocycles. The van der Waals surface area contributed by atoms with E-state index in [1.807, 2.05) is 24.3 Å². The molecule has 0 aromatic heterocycles. The molecule has 1 aromatic rings. The minimum absolute atomic E-state index is 0. The van der Waals surface area contributed by atoms with Crippen molar-refractivity contribution >= 4 is 41.5 Å². The second-order valence-corrected chi connectivity index (χ2v) is 4.51. The smallest absolute Gasteiger partial charge is 0.185 e. The van der Waals surface area contributed by atoms with Crippen LogP contribution < -0.4 is 11.5 Å². The Morgan fingerprint density at radius 3 is 2.38 bits per heavy atom. The molecular weight excluding hydrogens is 336 g/mol. The fourth-order valence-corrected chi connectivity index (χ4v) is 1.78. The fourth-order valence-electron chi connectivity index (χ4n) is 1.38. The van der Waals surface area contributed by atoms with Crippen molar-refractivity contribution in [2.75, 3.05) is 6.54 Å². The molecule has 4 N–H and O–H groups in total. The van der Waals surface area contributed by atoms with Gasteiger partial charge in [0.1, 0.15) is 0 Å². The predicted octanol–water partition coefficient (Wildman–Crippen LogP) is 2.51. The van der Waals surface area contributed by atoms with E-state index in [0.29, 0.717) is 6.54 Å². The Morgan fingerprint density at radius 1 is 1.31 bits per heavy atom. The molecule has 0 radical (unpaired) electrons. The molecular formula is C11H17ClIN3. The second-order valence-electron chi connectivity index (χ2n) is 4.10. The van der Waals surface area contributed by atoms with Crippen molar-refractivity contribution < 1.29 is 0 Å². The van der Waals surface area contributed by atoms with E-state index < -0.39 is 0 Å². The van der Waals surface area contributed by atoms with Gasteiger partial charge in [-0.3, -0.25) is 4.99 Å². The molecule has 0 bridgehead atoms. The number of nitrogens with zero attached hydrogens (tertiary/aromatic N) is 1. The molecule has 0 fully saturated rings. The average molecular weight is 354 g/mol. The molecule has 90 valence electrons. The van der Waals surface area contributed by atoms with Gasteiger partial charge in [0.25, 0.3) is 0 Å². The standard InChI is InChI=1S/C11H16ClN3.HI/c1-11(2,7-15-10(13)14)8-5-3-4-6-9(8)12;/h3-6H,7H2,1-2H3,(H4,13,14,15);1H. The van der Waals surface area contributed by atoms with Crippen LogP contribution in [0.25, 0.3) is 0 Å². The molecule has 0 spiro atoms. The van der Waals surface area contributed by atoms with Gasteiger partial charge in [0.05, 0.1) is 6.54 Å². The molecule has 0 heterocycles. The van der Waals surface area contributed by atoms with Crippen LogP contribution in [0.5, 0.6) is 0 Å². The summed E-state index contributed by atoms with van der Waals surface area (Å²) >= 11 is 6.11. The Morgan fingerprint density at radius 2 is 1.88 bits per heavy atom. The van der Waals surface area contributed by atoms with E-state index in [1.165, 1.54) is 0 Å². The van der Waals surface area contributed by atoms with E-state index in [9.17, 15) is 0 Å². The Bertz CT molecular complexity index is 373. The number of benzene rings is 1. The van der Waals surface area contributed by atoms with Gasteiger partial charge in [0.15, 0.2) is 5.96 Å². The second kappa shape index (κ2) is 6.30. The molecule has 1 aromatic carbocycles. The lowest BCUT2D eigenvalue weighted by atomic mass is 9.85. The van der Waals surface area contributed by atoms with Gasteiger partial charge < -0.3 is 11.5 Å². The molecule has 16 heavy (non-hydrogen) atoms. The van der Waals surface area contributed by atoms with E-state index in [2.05, 4.69) is 18.8 Å². The molecule has 1 rings (SSSR count). The summed E-state index contributed by atoms with van der Waals surface area (Å²) in [7, 11) is 0. The van der Waals surface area contributed by atoms with Crippen molar-refractivity contribution in [1.29, 1.82) is 0 Å². The Balaban J connectivity index is 0.00000225. The van der Waals surface area contributed by atoms with Crippen molar-refractivity contribution in [3.63, 3.8) is 0 Å². The van der Waals surface area contributed by atoms with Crippen LogP contribution in [0.3, 0.4) is 0 Å². The zero-order valence-corrected chi connectivity index (χ0v) is 12.5. The summed E-state index contributed by atoms with van der Waals surface area (Å²) in [5.74, 6) is 0.107. The summed E-state index contributed by atoms with van der Waals surface area (Å²) in [6.45, 7) is 4.64. The third-order valence-corrected chi connectivity index (χ3v) is 2.59. The van der Waals surface area contributed by atoms with Crippen molar-refractivity contribution in [2.45, 2.75) is 19.3 Å². The first-order valence-corrected chi connectivity index (χ1v) is 5.12. The van der Waals surface area contributed by atoms with E-state index in [4.69, 9.17) is 23.1 Å². The monoisotopic (exact) mass is 353 g/mol. The summed E-state index contributed by atoms with van der Waals surface area (Å²) < 4.78 is 0. The highest BCUT2D eigenvalue weighted by molar-refractivity contribution is 14.0. The summed E-state index contributed by atoms with van der Waals surface area (Å²) in [6.07, 6.45) is 0. The van der Waals surface area contributed by atoms with Crippen LogP contribution in [0.4, 0.5) is 0 Å². The number of nitrogens with two attached hydrogens (primary N) is 2. The van der Waals surface area contributed by atoms with Crippen molar-refractivity contribution in [1.82, 2.24) is 0 Å². The first-order valence-electron chi connectivity index (χ1n) is 4.74. The molecule has 5 heteroatoms. The number of halogens is 2. The van der Waals surface area contributed by atoms with Crippen LogP contribution in [0.1, 0.15) is 19.4 Å². The first kappa shape index (κ1) is 15.5. The molecule has 0 saturated heterocycles. The van der Waals surface area contributed by atoms with Crippen LogP contribution in [-0.4, -0.2) is 12.5 Å². The fraction of sp³-hybridized carbons (Fsp3) is 0.364. The first-order chi connectivity index (χ1) is 6.93. The topological polar surface area (TPSA) is 64.4 Å². The minimum Gasteiger partial charge on any atom is -0.370 e. The van der Waals surface area contributed by atoms with Crippen LogP contribution in [0.15, 0.2) is 29.3 Å². The van der Waals surface area contributed by atoms with Gasteiger partial charge in [-0.1, -0.05) is 43.6 Å². The summed E-state index contributed by atoms with van der Waals surface area (Å²) in [4.78, 5) is 4.03. The largest absolute Gasteiger partial charge is 0.370 e. The highest BCUT2D eigenvalue weighted by Gasteiger charge is 2.22. The van der Waals surface area contributed by atoms with Gasteiger partial charge in [-0.2, -0.15) is 0 Å². The Labute approximate surface area is 118 Å². The quantitative estimate of drug-likeness (QED) is 0.498. The average Bonchev–Trinajstić information content (AvgIpc) is 2.15. The molecule has 0 unspecified atom stereocenters. The number of hydrogen-bond donors (Lipinski definition) is 2. The van der Waals surface area contributed by atoms with Crippen LogP contribution in [0, 0.1) is 0 Å². The number of aliphatic imine (C=N–C) groups is 1. The third-order valence-electron chi connectivity index (χ3n) is 2.26. The van der Waals surface area contributed by atoms with Gasteiger partial charge in [0.2, 0.25) is 0 Å². The summed E-state index contributed by atoms with van der Waals surface area (Å²) in [5, 5.41) is 0.744. The van der Waals surface area contributed by atoms with Gasteiger partial charge in [-0.15, -0.1) is 24.0 Å². The van der Waals surface area contributed by atoms with E-state index >= 15 is 0 Å². The highest BCUT2D eigenvalue weighted by Crippen LogP contribution is 2.29. The summed E-state index contributed by atoms with van der Waals surface area (Å²) in [6, 6.07) is 7.72. The predicted molar refractivity (Wildman–Crippen MR) is 80.6 cm³/mol. The van der Waals surface area contributed by atoms with Crippen molar-refractivity contribution in [3.05, 3.63) is 34.9 Å². The Hall–Kier alpha value is -0.490. The maximum absolute atomic E-state index is 6.11. The maximum atomic E-state index is 6.11. The lowest BCUT2D eigenvalue weighted by Crippen LogP contribution is -2.28. The number of hydrogen-bond acceptors (Lipinski definition) is 1. The number of guanidine groups is 1.